The number of rotatable bonds is 7. The maximum absolute atomic E-state index is 14.1. The zero-order valence-corrected chi connectivity index (χ0v) is 24.7. The Morgan fingerprint density at radius 2 is 1.78 bits per heavy atom. The van der Waals surface area contributed by atoms with Gasteiger partial charge in [-0.1, -0.05) is 25.0 Å². The lowest BCUT2D eigenvalue weighted by molar-refractivity contribution is -0.0493. The number of hydrogen-bond acceptors (Lipinski definition) is 6. The summed E-state index contributed by atoms with van der Waals surface area (Å²) in [6, 6.07) is 15.3. The summed E-state index contributed by atoms with van der Waals surface area (Å²) in [6.45, 7) is -3.12. The van der Waals surface area contributed by atoms with Gasteiger partial charge in [-0.3, -0.25) is 9.10 Å². The summed E-state index contributed by atoms with van der Waals surface area (Å²) in [6.07, 6.45) is 4.41. The molecule has 1 spiro atoms. The molecule has 15 heteroatoms. The molecule has 0 atom stereocenters. The molecule has 236 valence electrons. The van der Waals surface area contributed by atoms with E-state index in [0.717, 1.165) is 17.1 Å². The van der Waals surface area contributed by atoms with Crippen LogP contribution >= 0.6 is 0 Å². The first kappa shape index (κ1) is 28.5. The number of ketones is 1. The largest absolute Gasteiger partial charge is 0.454 e. The van der Waals surface area contributed by atoms with E-state index in [-0.39, 0.29) is 35.0 Å². The number of carbonyl (C=O) groups excluding carboxylic acids is 1. The maximum atomic E-state index is 14.1. The van der Waals surface area contributed by atoms with E-state index in [1.54, 1.807) is 34.8 Å². The van der Waals surface area contributed by atoms with Crippen molar-refractivity contribution in [1.29, 1.82) is 0 Å². The van der Waals surface area contributed by atoms with Gasteiger partial charge in [-0.2, -0.15) is 27.0 Å². The molecule has 2 fully saturated rings. The van der Waals surface area contributed by atoms with Crippen molar-refractivity contribution in [3.8, 4) is 17.2 Å². The van der Waals surface area contributed by atoms with Crippen LogP contribution in [0.25, 0.3) is 27.6 Å². The van der Waals surface area contributed by atoms with Crippen LogP contribution < -0.4 is 18.5 Å². The lowest BCUT2D eigenvalue weighted by Gasteiger charge is -2.22. The number of carbonyl (C=O) groups is 1. The lowest BCUT2D eigenvalue weighted by atomic mass is 9.99. The summed E-state index contributed by atoms with van der Waals surface area (Å²) >= 11 is 0. The van der Waals surface area contributed by atoms with Gasteiger partial charge in [0.05, 0.1) is 46.3 Å². The van der Waals surface area contributed by atoms with Crippen LogP contribution in [0.4, 0.5) is 18.9 Å². The van der Waals surface area contributed by atoms with E-state index in [4.69, 9.17) is 9.47 Å². The van der Waals surface area contributed by atoms with Gasteiger partial charge in [0, 0.05) is 17.0 Å². The van der Waals surface area contributed by atoms with E-state index in [0.29, 0.717) is 46.2 Å². The number of ether oxygens (including phenoxy) is 2. The lowest BCUT2D eigenvalue weighted by Crippen LogP contribution is -2.40. The molecule has 4 heterocycles. The number of nitrogens with zero attached hydrogens (tertiary/aromatic N) is 3. The Kier molecular flexibility index (Phi) is 6.34. The second kappa shape index (κ2) is 10.3. The zero-order valence-electron chi connectivity index (χ0n) is 23.9. The van der Waals surface area contributed by atoms with Gasteiger partial charge in [0.15, 0.2) is 17.3 Å². The molecule has 3 aromatic carbocycles. The van der Waals surface area contributed by atoms with Crippen molar-refractivity contribution in [3.63, 3.8) is 0 Å². The predicted molar refractivity (Wildman–Crippen MR) is 162 cm³/mol. The molecular formula is C31H25F3N6O5S. The number of aromatic nitrogens is 4. The molecule has 0 bridgehead atoms. The molecule has 8 rings (SSSR count). The summed E-state index contributed by atoms with van der Waals surface area (Å²) in [4.78, 5) is 19.9. The molecule has 6 aromatic rings. The van der Waals surface area contributed by atoms with E-state index >= 15 is 0 Å². The van der Waals surface area contributed by atoms with Gasteiger partial charge in [0.2, 0.25) is 5.78 Å². The Bertz CT molecular complexity index is 2290. The van der Waals surface area contributed by atoms with Gasteiger partial charge in [-0.15, -0.1) is 0 Å². The average Bonchev–Trinajstić information content (AvgIpc) is 3.82. The Labute approximate surface area is 259 Å². The number of hydrogen-bond donors (Lipinski definition) is 3. The summed E-state index contributed by atoms with van der Waals surface area (Å²) in [5.74, 6) is -0.838. The Morgan fingerprint density at radius 3 is 2.57 bits per heavy atom. The molecular weight excluding hydrogens is 625 g/mol. The van der Waals surface area contributed by atoms with Crippen molar-refractivity contribution in [2.75, 3.05) is 10.8 Å². The molecule has 0 amide bonds. The summed E-state index contributed by atoms with van der Waals surface area (Å²) in [5.41, 5.74) is 1.61. The first-order chi connectivity index (χ1) is 22.1. The highest BCUT2D eigenvalue weighted by molar-refractivity contribution is 7.91. The van der Waals surface area contributed by atoms with Crippen molar-refractivity contribution in [2.45, 2.75) is 37.8 Å². The third-order valence-electron chi connectivity index (χ3n) is 8.60. The molecule has 0 unspecified atom stereocenters. The third kappa shape index (κ3) is 4.65. The van der Waals surface area contributed by atoms with Gasteiger partial charge in [0.1, 0.15) is 11.4 Å². The van der Waals surface area contributed by atoms with Crippen LogP contribution in [0.3, 0.4) is 0 Å². The smallest absolute Gasteiger partial charge is 0.387 e. The normalized spacial score (nSPS) is 17.3. The van der Waals surface area contributed by atoms with Crippen LogP contribution in [0.5, 0.6) is 17.2 Å². The molecule has 1 saturated carbocycles. The molecule has 0 radical (unpaired) electrons. The molecule has 11 nitrogen and oxygen atoms in total. The summed E-state index contributed by atoms with van der Waals surface area (Å²) < 4.78 is 83.2. The van der Waals surface area contributed by atoms with Crippen LogP contribution in [0.15, 0.2) is 66.9 Å². The van der Waals surface area contributed by atoms with Gasteiger partial charge in [-0.25, -0.2) is 8.91 Å². The summed E-state index contributed by atoms with van der Waals surface area (Å²) in [7, 11) is -4.03. The maximum Gasteiger partial charge on any atom is 0.387 e. The van der Waals surface area contributed by atoms with Crippen molar-refractivity contribution in [1.82, 2.24) is 24.3 Å². The first-order valence-electron chi connectivity index (χ1n) is 14.5. The number of fused-ring (bicyclic) bond motifs is 4. The number of anilines is 1. The number of nitrogens with one attached hydrogen (secondary N) is 3. The van der Waals surface area contributed by atoms with Crippen LogP contribution in [-0.2, 0) is 10.2 Å². The summed E-state index contributed by atoms with van der Waals surface area (Å²) in [5, 5.41) is 4.74. The van der Waals surface area contributed by atoms with Crippen molar-refractivity contribution < 1.29 is 35.9 Å². The van der Waals surface area contributed by atoms with Crippen LogP contribution in [0, 0.1) is 5.82 Å². The minimum atomic E-state index is -4.03. The third-order valence-corrected chi connectivity index (χ3v) is 10.2. The van der Waals surface area contributed by atoms with Gasteiger partial charge >= 0.3 is 16.8 Å². The van der Waals surface area contributed by atoms with E-state index < -0.39 is 34.0 Å². The van der Waals surface area contributed by atoms with Crippen LogP contribution in [-0.4, -0.2) is 52.5 Å². The van der Waals surface area contributed by atoms with Crippen molar-refractivity contribution in [3.05, 3.63) is 83.9 Å². The number of benzene rings is 3. The second-order valence-electron chi connectivity index (χ2n) is 11.6. The van der Waals surface area contributed by atoms with Crippen molar-refractivity contribution >= 4 is 49.3 Å². The van der Waals surface area contributed by atoms with E-state index in [1.165, 1.54) is 36.5 Å². The van der Waals surface area contributed by atoms with E-state index in [1.807, 2.05) is 0 Å². The quantitative estimate of drug-likeness (QED) is 0.181. The monoisotopic (exact) mass is 650 g/mol. The number of halogens is 3. The molecule has 1 saturated heterocycles. The number of alkyl halides is 2. The SMILES string of the molecule is O=C(c1cc2cc(OC(F)F)c(N3CC4(CCCC4)NS3(=O)=O)cc2[nH]1)c1cnn2c1[nH]c1cc(Oc3ccccc3F)ccc12. The fraction of sp³-hybridized carbons (Fsp3) is 0.226. The Balaban J connectivity index is 1.15. The number of imidazole rings is 1. The Hall–Kier alpha value is -5.02. The van der Waals surface area contributed by atoms with Crippen LogP contribution in [0.1, 0.15) is 41.7 Å². The molecule has 3 aromatic heterocycles. The minimum absolute atomic E-state index is 0.0538. The molecule has 1 aliphatic carbocycles. The molecule has 46 heavy (non-hydrogen) atoms. The Morgan fingerprint density at radius 1 is 0.978 bits per heavy atom. The highest BCUT2D eigenvalue weighted by atomic mass is 32.2. The minimum Gasteiger partial charge on any atom is -0.454 e. The van der Waals surface area contributed by atoms with Gasteiger partial charge in [0.25, 0.3) is 0 Å². The predicted octanol–water partition coefficient (Wildman–Crippen LogP) is 6.03. The second-order valence-corrected chi connectivity index (χ2v) is 13.1. The molecule has 2 aliphatic rings. The average molecular weight is 651 g/mol. The zero-order chi connectivity index (χ0) is 31.8. The fourth-order valence-corrected chi connectivity index (χ4v) is 8.26. The first-order valence-corrected chi connectivity index (χ1v) is 15.9. The highest BCUT2D eigenvalue weighted by Crippen LogP contribution is 2.43. The van der Waals surface area contributed by atoms with Crippen molar-refractivity contribution in [2.24, 2.45) is 0 Å². The van der Waals surface area contributed by atoms with Crippen LogP contribution in [0.2, 0.25) is 0 Å². The van der Waals surface area contributed by atoms with E-state index in [9.17, 15) is 26.4 Å². The van der Waals surface area contributed by atoms with Gasteiger partial charge < -0.3 is 19.4 Å². The highest BCUT2D eigenvalue weighted by Gasteiger charge is 2.49. The topological polar surface area (TPSA) is 134 Å². The van der Waals surface area contributed by atoms with Gasteiger partial charge in [-0.05, 0) is 55.3 Å². The number of para-hydroxylation sites is 1. The molecule has 1 aliphatic heterocycles. The number of H-pyrrole nitrogens is 2. The number of aromatic amines is 2. The van der Waals surface area contributed by atoms with E-state index in [2.05, 4.69) is 19.8 Å². The molecule has 3 N–H and O–H groups in total. The fourth-order valence-electron chi connectivity index (χ4n) is 6.51. The standard InChI is InChI=1S/C31H25F3N6O5S/c32-20-5-1-2-6-26(20)44-18-7-8-24-22(13-18)37-29-19(15-35-40(24)29)28(41)23-11-17-12-27(45-30(33)34)25(14-21(17)36-23)39-16-31(9-3-4-10-31)38-46(39,42)43/h1-2,5-8,11-15,30,36-38H,3-4,9-10,16H2.